The van der Waals surface area contributed by atoms with Gasteiger partial charge < -0.3 is 14.2 Å². The van der Waals surface area contributed by atoms with Gasteiger partial charge in [0.1, 0.15) is 0 Å². The van der Waals surface area contributed by atoms with Crippen LogP contribution in [0.4, 0.5) is 4.79 Å². The van der Waals surface area contributed by atoms with Crippen molar-refractivity contribution in [1.29, 1.82) is 0 Å². The van der Waals surface area contributed by atoms with Gasteiger partial charge in [-0.3, -0.25) is 14.5 Å². The van der Waals surface area contributed by atoms with Crippen LogP contribution in [0.25, 0.3) is 16.8 Å². The Kier molecular flexibility index (Phi) is 7.18. The summed E-state index contributed by atoms with van der Waals surface area (Å²) in [6.45, 7) is 1.96. The summed E-state index contributed by atoms with van der Waals surface area (Å²) in [5, 5.41) is 1.84. The average molecular weight is 478 g/mol. The fourth-order valence-electron chi connectivity index (χ4n) is 3.54. The Morgan fingerprint density at radius 2 is 1.79 bits per heavy atom. The smallest absolute Gasteiger partial charge is 0.344 e. The molecule has 0 spiro atoms. The van der Waals surface area contributed by atoms with E-state index in [0.717, 1.165) is 28.1 Å². The van der Waals surface area contributed by atoms with Crippen molar-refractivity contribution in [3.8, 4) is 11.5 Å². The van der Waals surface area contributed by atoms with Crippen molar-refractivity contribution in [3.05, 3.63) is 76.7 Å². The molecule has 0 radical (unpaired) electrons. The van der Waals surface area contributed by atoms with Crippen molar-refractivity contribution in [3.63, 3.8) is 0 Å². The van der Waals surface area contributed by atoms with E-state index in [1.807, 2.05) is 42.5 Å². The molecule has 0 bridgehead atoms. The summed E-state index contributed by atoms with van der Waals surface area (Å²) in [7, 11) is 1.48. The van der Waals surface area contributed by atoms with E-state index in [0.29, 0.717) is 22.0 Å². The molecule has 0 saturated carbocycles. The second kappa shape index (κ2) is 10.4. The zero-order valence-corrected chi connectivity index (χ0v) is 19.6. The number of thioether (sulfide) groups is 1. The fraction of sp³-hybridized carbons (Fsp3) is 0.192. The molecule has 7 nitrogen and oxygen atoms in total. The fourth-order valence-corrected chi connectivity index (χ4v) is 4.38. The van der Waals surface area contributed by atoms with Gasteiger partial charge in [0.15, 0.2) is 18.1 Å². The van der Waals surface area contributed by atoms with E-state index in [2.05, 4.69) is 0 Å². The van der Waals surface area contributed by atoms with E-state index in [-0.39, 0.29) is 30.9 Å². The number of hydrogen-bond acceptors (Lipinski definition) is 7. The van der Waals surface area contributed by atoms with Gasteiger partial charge in [-0.2, -0.15) is 0 Å². The van der Waals surface area contributed by atoms with Crippen LogP contribution < -0.4 is 9.47 Å². The van der Waals surface area contributed by atoms with Crippen LogP contribution in [0.15, 0.2) is 65.6 Å². The Hall–Kier alpha value is -3.78. The van der Waals surface area contributed by atoms with Crippen LogP contribution in [0.3, 0.4) is 0 Å². The molecule has 3 aromatic carbocycles. The van der Waals surface area contributed by atoms with Crippen LogP contribution >= 0.6 is 11.8 Å². The standard InChI is InChI=1S/C26H23NO6S/c1-3-32-24(28)16-33-21-11-9-17(13-22(21)31-2)14-23-25(29)27(26(30)34-23)15-18-8-10-19-6-4-5-7-20(19)12-18/h4-14H,3,15-16H2,1-2H3/b23-14-. The van der Waals surface area contributed by atoms with E-state index in [1.54, 1.807) is 31.2 Å². The maximum atomic E-state index is 13.0. The molecule has 1 heterocycles. The minimum absolute atomic E-state index is 0.205. The number of methoxy groups -OCH3 is 1. The van der Waals surface area contributed by atoms with Crippen molar-refractivity contribution >= 4 is 45.7 Å². The summed E-state index contributed by atoms with van der Waals surface area (Å²) in [5.74, 6) is -0.0518. The molecule has 1 aliphatic heterocycles. The van der Waals surface area contributed by atoms with Crippen LogP contribution in [0.5, 0.6) is 11.5 Å². The van der Waals surface area contributed by atoms with Gasteiger partial charge >= 0.3 is 5.97 Å². The second-order valence-corrected chi connectivity index (χ2v) is 8.45. The third kappa shape index (κ3) is 5.23. The Labute approximate surface area is 201 Å². The molecule has 0 aliphatic carbocycles. The summed E-state index contributed by atoms with van der Waals surface area (Å²) >= 11 is 0.902. The topological polar surface area (TPSA) is 82.1 Å². The number of esters is 1. The SMILES string of the molecule is CCOC(=O)COc1ccc(/C=C2\SC(=O)N(Cc3ccc4ccccc4c3)C2=O)cc1OC. The first-order valence-electron chi connectivity index (χ1n) is 10.7. The highest BCUT2D eigenvalue weighted by molar-refractivity contribution is 8.18. The highest BCUT2D eigenvalue weighted by Gasteiger charge is 2.35. The molecule has 8 heteroatoms. The molecule has 1 saturated heterocycles. The van der Waals surface area contributed by atoms with Crippen molar-refractivity contribution in [1.82, 2.24) is 4.90 Å². The number of nitrogens with zero attached hydrogens (tertiary/aromatic N) is 1. The number of benzene rings is 3. The van der Waals surface area contributed by atoms with Gasteiger partial charge in [0.05, 0.1) is 25.2 Å². The third-order valence-electron chi connectivity index (χ3n) is 5.16. The van der Waals surface area contributed by atoms with E-state index in [1.165, 1.54) is 12.0 Å². The van der Waals surface area contributed by atoms with Crippen molar-refractivity contribution in [2.75, 3.05) is 20.3 Å². The normalized spacial score (nSPS) is 14.6. The first kappa shape index (κ1) is 23.4. The van der Waals surface area contributed by atoms with Gasteiger partial charge in [0.2, 0.25) is 0 Å². The number of ether oxygens (including phenoxy) is 3. The molecule has 1 fully saturated rings. The molecular weight excluding hydrogens is 454 g/mol. The quantitative estimate of drug-likeness (QED) is 0.333. The maximum absolute atomic E-state index is 13.0. The predicted octanol–water partition coefficient (Wildman–Crippen LogP) is 5.03. The number of rotatable bonds is 8. The number of hydrogen-bond donors (Lipinski definition) is 0. The molecule has 4 rings (SSSR count). The van der Waals surface area contributed by atoms with Gasteiger partial charge in [0, 0.05) is 0 Å². The van der Waals surface area contributed by atoms with Crippen LogP contribution in [0.2, 0.25) is 0 Å². The molecule has 34 heavy (non-hydrogen) atoms. The second-order valence-electron chi connectivity index (χ2n) is 7.45. The molecule has 0 atom stereocenters. The summed E-state index contributed by atoms with van der Waals surface area (Å²) in [6.07, 6.45) is 1.64. The summed E-state index contributed by atoms with van der Waals surface area (Å²) in [4.78, 5) is 38.6. The minimum Gasteiger partial charge on any atom is -0.493 e. The predicted molar refractivity (Wildman–Crippen MR) is 131 cm³/mol. The number of imide groups is 1. The first-order valence-corrected chi connectivity index (χ1v) is 11.5. The lowest BCUT2D eigenvalue weighted by molar-refractivity contribution is -0.145. The van der Waals surface area contributed by atoms with Crippen LogP contribution in [-0.4, -0.2) is 42.3 Å². The Morgan fingerprint density at radius 3 is 2.56 bits per heavy atom. The van der Waals surface area contributed by atoms with E-state index in [4.69, 9.17) is 14.2 Å². The number of carbonyl (C=O) groups is 3. The highest BCUT2D eigenvalue weighted by atomic mass is 32.2. The zero-order chi connectivity index (χ0) is 24.1. The first-order chi connectivity index (χ1) is 16.5. The Balaban J connectivity index is 1.49. The highest BCUT2D eigenvalue weighted by Crippen LogP contribution is 2.35. The molecule has 0 unspecified atom stereocenters. The summed E-state index contributed by atoms with van der Waals surface area (Å²) in [5.41, 5.74) is 1.54. The van der Waals surface area contributed by atoms with Crippen molar-refractivity contribution in [2.24, 2.45) is 0 Å². The summed E-state index contributed by atoms with van der Waals surface area (Å²) in [6, 6.07) is 18.9. The molecule has 174 valence electrons. The maximum Gasteiger partial charge on any atom is 0.344 e. The molecule has 0 N–H and O–H groups in total. The molecule has 0 aromatic heterocycles. The van der Waals surface area contributed by atoms with Gasteiger partial charge in [0.25, 0.3) is 11.1 Å². The zero-order valence-electron chi connectivity index (χ0n) is 18.8. The van der Waals surface area contributed by atoms with E-state index in [9.17, 15) is 14.4 Å². The molecule has 1 aliphatic rings. The Morgan fingerprint density at radius 1 is 1.00 bits per heavy atom. The lowest BCUT2D eigenvalue weighted by atomic mass is 10.1. The van der Waals surface area contributed by atoms with Gasteiger partial charge in [-0.15, -0.1) is 0 Å². The van der Waals surface area contributed by atoms with Crippen LogP contribution in [0, 0.1) is 0 Å². The van der Waals surface area contributed by atoms with Gasteiger partial charge in [-0.1, -0.05) is 42.5 Å². The van der Waals surface area contributed by atoms with E-state index < -0.39 is 5.97 Å². The molecular formula is C26H23NO6S. The third-order valence-corrected chi connectivity index (χ3v) is 6.07. The van der Waals surface area contributed by atoms with Gasteiger partial charge in [-0.05, 0) is 64.9 Å². The number of amides is 2. The number of carbonyl (C=O) groups excluding carboxylic acids is 3. The van der Waals surface area contributed by atoms with E-state index >= 15 is 0 Å². The largest absolute Gasteiger partial charge is 0.493 e. The monoisotopic (exact) mass is 477 g/mol. The lowest BCUT2D eigenvalue weighted by Crippen LogP contribution is -2.27. The lowest BCUT2D eigenvalue weighted by Gasteiger charge is -2.13. The summed E-state index contributed by atoms with van der Waals surface area (Å²) < 4.78 is 15.7. The average Bonchev–Trinajstić information content (AvgIpc) is 3.10. The van der Waals surface area contributed by atoms with Gasteiger partial charge in [-0.25, -0.2) is 4.79 Å². The molecule has 2 amide bonds. The minimum atomic E-state index is -0.478. The van der Waals surface area contributed by atoms with Crippen molar-refractivity contribution < 1.29 is 28.6 Å². The van der Waals surface area contributed by atoms with Crippen LogP contribution in [0.1, 0.15) is 18.1 Å². The van der Waals surface area contributed by atoms with Crippen LogP contribution in [-0.2, 0) is 20.9 Å². The van der Waals surface area contributed by atoms with Crippen molar-refractivity contribution in [2.45, 2.75) is 13.5 Å². The number of fused-ring (bicyclic) bond motifs is 1. The Bertz CT molecular complexity index is 1290. The molecule has 3 aromatic rings.